The summed E-state index contributed by atoms with van der Waals surface area (Å²) in [5, 5.41) is 13.5. The molecule has 43 heavy (non-hydrogen) atoms. The Morgan fingerprint density at radius 1 is 0.907 bits per heavy atom. The van der Waals surface area contributed by atoms with Crippen molar-refractivity contribution in [1.29, 1.82) is 0 Å². The molecule has 5 aromatic rings. The van der Waals surface area contributed by atoms with Crippen molar-refractivity contribution in [3.05, 3.63) is 109 Å². The molecular formula is C32H34N8O3. The van der Waals surface area contributed by atoms with E-state index in [9.17, 15) is 9.59 Å². The molecule has 0 fully saturated rings. The van der Waals surface area contributed by atoms with Gasteiger partial charge in [0.15, 0.2) is 0 Å². The summed E-state index contributed by atoms with van der Waals surface area (Å²) < 4.78 is 9.31. The number of imidazole rings is 1. The third kappa shape index (κ3) is 7.85. The van der Waals surface area contributed by atoms with Crippen molar-refractivity contribution in [2.45, 2.75) is 39.2 Å². The van der Waals surface area contributed by atoms with Gasteiger partial charge in [-0.2, -0.15) is 5.10 Å². The highest BCUT2D eigenvalue weighted by Gasteiger charge is 2.21. The van der Waals surface area contributed by atoms with Gasteiger partial charge in [0.25, 0.3) is 0 Å². The van der Waals surface area contributed by atoms with Crippen LogP contribution in [0.1, 0.15) is 37.7 Å². The van der Waals surface area contributed by atoms with E-state index in [1.54, 1.807) is 59.8 Å². The van der Waals surface area contributed by atoms with E-state index in [1.165, 1.54) is 0 Å². The van der Waals surface area contributed by atoms with Gasteiger partial charge in [-0.05, 0) is 54.1 Å². The zero-order valence-electron chi connectivity index (χ0n) is 24.5. The molecule has 0 saturated carbocycles. The lowest BCUT2D eigenvalue weighted by atomic mass is 9.92. The van der Waals surface area contributed by atoms with Gasteiger partial charge >= 0.3 is 6.03 Å². The number of nitrogens with zero attached hydrogens (tertiary/aromatic N) is 5. The molecule has 0 aliphatic rings. The van der Waals surface area contributed by atoms with Gasteiger partial charge in [0.05, 0.1) is 29.8 Å². The van der Waals surface area contributed by atoms with E-state index in [0.717, 1.165) is 22.6 Å². The van der Waals surface area contributed by atoms with Crippen molar-refractivity contribution in [2.24, 2.45) is 7.05 Å². The molecule has 0 radical (unpaired) electrons. The number of rotatable bonds is 9. The highest BCUT2D eigenvalue weighted by Crippen LogP contribution is 2.27. The normalized spacial score (nSPS) is 11.2. The fourth-order valence-electron chi connectivity index (χ4n) is 4.20. The van der Waals surface area contributed by atoms with Crippen LogP contribution < -0.4 is 20.7 Å². The van der Waals surface area contributed by atoms with Crippen LogP contribution in [-0.4, -0.2) is 36.3 Å². The van der Waals surface area contributed by atoms with Gasteiger partial charge in [-0.1, -0.05) is 32.9 Å². The molecule has 2 aromatic carbocycles. The first-order valence-electron chi connectivity index (χ1n) is 13.8. The minimum atomic E-state index is -0.406. The lowest BCUT2D eigenvalue weighted by molar-refractivity contribution is -0.120. The van der Waals surface area contributed by atoms with Crippen molar-refractivity contribution < 1.29 is 14.3 Å². The highest BCUT2D eigenvalue weighted by molar-refractivity contribution is 5.99. The summed E-state index contributed by atoms with van der Waals surface area (Å²) in [6.07, 6.45) is 7.04. The van der Waals surface area contributed by atoms with Crippen LogP contribution in [0, 0.1) is 0 Å². The standard InChI is InChI=1S/C32H34N8O3/c1-32(2,3)28-18-29(37-31(42)36-23-7-11-26(12-8-23)43-27-13-15-33-16-14-27)40(38-28)25-9-5-22(6-10-25)19-34-30(41)17-24-20-39(4)21-35-24/h5-16,18,20-21H,17,19H2,1-4H3,(H,34,41)(H2,36,37,42). The molecule has 0 spiro atoms. The van der Waals surface area contributed by atoms with Gasteiger partial charge in [0, 0.05) is 49.4 Å². The number of amides is 3. The second-order valence-electron chi connectivity index (χ2n) is 11.1. The molecule has 11 nitrogen and oxygen atoms in total. The molecule has 3 amide bonds. The predicted molar refractivity (Wildman–Crippen MR) is 164 cm³/mol. The van der Waals surface area contributed by atoms with Crippen molar-refractivity contribution in [2.75, 3.05) is 10.6 Å². The Hall–Kier alpha value is -5.45. The van der Waals surface area contributed by atoms with Crippen LogP contribution in [0.25, 0.3) is 5.69 Å². The number of hydrogen-bond acceptors (Lipinski definition) is 6. The molecule has 0 aliphatic heterocycles. The topological polar surface area (TPSA) is 128 Å². The number of aromatic nitrogens is 5. The monoisotopic (exact) mass is 578 g/mol. The Morgan fingerprint density at radius 3 is 2.26 bits per heavy atom. The molecule has 0 atom stereocenters. The zero-order valence-corrected chi connectivity index (χ0v) is 24.5. The Balaban J connectivity index is 1.23. The maximum Gasteiger partial charge on any atom is 0.324 e. The zero-order chi connectivity index (χ0) is 30.4. The van der Waals surface area contributed by atoms with Crippen LogP contribution in [-0.2, 0) is 30.2 Å². The van der Waals surface area contributed by atoms with Crippen LogP contribution in [0.15, 0.2) is 91.6 Å². The van der Waals surface area contributed by atoms with Gasteiger partial charge in [0.2, 0.25) is 5.91 Å². The molecule has 3 heterocycles. The molecule has 11 heteroatoms. The van der Waals surface area contributed by atoms with Crippen LogP contribution >= 0.6 is 0 Å². The fraction of sp³-hybridized carbons (Fsp3) is 0.219. The second-order valence-corrected chi connectivity index (χ2v) is 11.1. The summed E-state index contributed by atoms with van der Waals surface area (Å²) in [4.78, 5) is 33.5. The number of hydrogen-bond donors (Lipinski definition) is 3. The van der Waals surface area contributed by atoms with Gasteiger partial charge in [-0.15, -0.1) is 0 Å². The third-order valence-electron chi connectivity index (χ3n) is 6.49. The SMILES string of the molecule is Cn1cnc(CC(=O)NCc2ccc(-n3nc(C(C)(C)C)cc3NC(=O)Nc3ccc(Oc4ccncc4)cc3)cc2)c1. The summed E-state index contributed by atoms with van der Waals surface area (Å²) in [6, 6.07) is 19.8. The molecule has 5 rings (SSSR count). The molecule has 3 aromatic heterocycles. The molecule has 0 bridgehead atoms. The second kappa shape index (κ2) is 12.6. The van der Waals surface area contributed by atoms with Crippen LogP contribution in [0.5, 0.6) is 11.5 Å². The molecule has 220 valence electrons. The molecule has 0 saturated heterocycles. The number of urea groups is 1. The number of pyridine rings is 1. The predicted octanol–water partition coefficient (Wildman–Crippen LogP) is 5.59. The summed E-state index contributed by atoms with van der Waals surface area (Å²) in [5.41, 5.74) is 3.62. The minimum Gasteiger partial charge on any atom is -0.457 e. The number of nitrogens with one attached hydrogen (secondary N) is 3. The van der Waals surface area contributed by atoms with Gasteiger partial charge in [-0.25, -0.2) is 14.5 Å². The van der Waals surface area contributed by atoms with Crippen LogP contribution in [0.3, 0.4) is 0 Å². The lowest BCUT2D eigenvalue weighted by Gasteiger charge is -2.14. The van der Waals surface area contributed by atoms with E-state index >= 15 is 0 Å². The van der Waals surface area contributed by atoms with E-state index in [4.69, 9.17) is 9.84 Å². The first-order valence-corrected chi connectivity index (χ1v) is 13.8. The van der Waals surface area contributed by atoms with E-state index < -0.39 is 6.03 Å². The summed E-state index contributed by atoms with van der Waals surface area (Å²) in [6.45, 7) is 6.58. The quantitative estimate of drug-likeness (QED) is 0.209. The number of ether oxygens (including phenoxy) is 1. The lowest BCUT2D eigenvalue weighted by Crippen LogP contribution is -2.24. The van der Waals surface area contributed by atoms with Crippen molar-refractivity contribution in [3.63, 3.8) is 0 Å². The molecular weight excluding hydrogens is 544 g/mol. The smallest absolute Gasteiger partial charge is 0.324 e. The van der Waals surface area contributed by atoms with E-state index in [2.05, 4.69) is 46.7 Å². The summed E-state index contributed by atoms with van der Waals surface area (Å²) in [7, 11) is 1.87. The Labute approximate surface area is 249 Å². The Kier molecular flexibility index (Phi) is 8.51. The van der Waals surface area contributed by atoms with Crippen LogP contribution in [0.4, 0.5) is 16.3 Å². The molecule has 0 unspecified atom stereocenters. The summed E-state index contributed by atoms with van der Waals surface area (Å²) >= 11 is 0. The van der Waals surface area contributed by atoms with Crippen molar-refractivity contribution in [3.8, 4) is 17.2 Å². The largest absolute Gasteiger partial charge is 0.457 e. The molecule has 3 N–H and O–H groups in total. The highest BCUT2D eigenvalue weighted by atomic mass is 16.5. The average Bonchev–Trinajstić information content (AvgIpc) is 3.59. The van der Waals surface area contributed by atoms with E-state index in [-0.39, 0.29) is 17.7 Å². The maximum absolute atomic E-state index is 13.0. The van der Waals surface area contributed by atoms with Crippen molar-refractivity contribution in [1.82, 2.24) is 29.6 Å². The van der Waals surface area contributed by atoms with Gasteiger partial charge in [-0.3, -0.25) is 15.1 Å². The number of aryl methyl sites for hydroxylation is 1. The molecule has 0 aliphatic carbocycles. The van der Waals surface area contributed by atoms with Gasteiger partial charge < -0.3 is 19.9 Å². The summed E-state index contributed by atoms with van der Waals surface area (Å²) in [5.74, 6) is 1.74. The van der Waals surface area contributed by atoms with Crippen molar-refractivity contribution >= 4 is 23.4 Å². The first-order chi connectivity index (χ1) is 20.6. The van der Waals surface area contributed by atoms with E-state index in [1.807, 2.05) is 48.1 Å². The number of carbonyl (C=O) groups excluding carboxylic acids is 2. The average molecular weight is 579 g/mol. The first kappa shape index (κ1) is 29.1. The third-order valence-corrected chi connectivity index (χ3v) is 6.49. The van der Waals surface area contributed by atoms with Gasteiger partial charge in [0.1, 0.15) is 17.3 Å². The number of anilines is 2. The minimum absolute atomic E-state index is 0.0990. The Morgan fingerprint density at radius 2 is 1.60 bits per heavy atom. The fourth-order valence-corrected chi connectivity index (χ4v) is 4.20. The van der Waals surface area contributed by atoms with Crippen LogP contribution in [0.2, 0.25) is 0 Å². The Bertz CT molecular complexity index is 1690. The maximum atomic E-state index is 13.0. The van der Waals surface area contributed by atoms with E-state index in [0.29, 0.717) is 29.5 Å². The number of benzene rings is 2. The number of carbonyl (C=O) groups is 2.